The first kappa shape index (κ1) is 30.5. The predicted molar refractivity (Wildman–Crippen MR) is 172 cm³/mol. The highest BCUT2D eigenvalue weighted by atomic mass is 32.2. The summed E-state index contributed by atoms with van der Waals surface area (Å²) in [7, 11) is -1.68. The number of benzene rings is 4. The molecule has 5 rings (SSSR count). The topological polar surface area (TPSA) is 74.8 Å². The number of allylic oxidation sites excluding steroid dienone is 2. The Balaban J connectivity index is 1.32. The molecule has 0 bridgehead atoms. The van der Waals surface area contributed by atoms with Gasteiger partial charge in [0.1, 0.15) is 5.82 Å². The molecule has 0 N–H and O–H groups in total. The van der Waals surface area contributed by atoms with Gasteiger partial charge in [0.05, 0.1) is 11.3 Å². The zero-order chi connectivity index (χ0) is 30.9. The van der Waals surface area contributed by atoms with Crippen molar-refractivity contribution in [3.63, 3.8) is 0 Å². The zero-order valence-corrected chi connectivity index (χ0v) is 26.1. The van der Waals surface area contributed by atoms with Gasteiger partial charge in [-0.15, -0.1) is 0 Å². The number of sulfonamides is 1. The van der Waals surface area contributed by atoms with Crippen molar-refractivity contribution in [2.75, 3.05) is 33.4 Å². The van der Waals surface area contributed by atoms with E-state index in [1.54, 1.807) is 37.6 Å². The van der Waals surface area contributed by atoms with Crippen LogP contribution in [0.25, 0.3) is 28.0 Å². The van der Waals surface area contributed by atoms with Gasteiger partial charge in [0.25, 0.3) is 0 Å². The highest BCUT2D eigenvalue weighted by molar-refractivity contribution is 7.89. The number of carbonyl (C=O) groups excluding carboxylic acids is 1. The van der Waals surface area contributed by atoms with Crippen LogP contribution in [0.1, 0.15) is 30.0 Å². The first-order chi connectivity index (χ1) is 20.5. The SMILES string of the molecule is CC1=C(CC(=O)N(C)CCN(C)S(=O)(=O)c2ccc3ccccc3c2)c2cc(F)ccc2/C1=C\c1ccc(S(C)=O)cc1. The van der Waals surface area contributed by atoms with Crippen LogP contribution in [0.3, 0.4) is 0 Å². The van der Waals surface area contributed by atoms with E-state index in [-0.39, 0.29) is 36.1 Å². The lowest BCUT2D eigenvalue weighted by atomic mass is 10.0. The largest absolute Gasteiger partial charge is 0.344 e. The Labute approximate surface area is 254 Å². The number of rotatable bonds is 9. The van der Waals surface area contributed by atoms with Crippen molar-refractivity contribution in [2.45, 2.75) is 23.1 Å². The van der Waals surface area contributed by atoms with Crippen LogP contribution in [0.15, 0.2) is 100 Å². The van der Waals surface area contributed by atoms with Gasteiger partial charge in [-0.05, 0) is 93.6 Å². The maximum absolute atomic E-state index is 14.4. The number of amides is 1. The van der Waals surface area contributed by atoms with E-state index >= 15 is 0 Å². The van der Waals surface area contributed by atoms with Gasteiger partial charge in [-0.1, -0.05) is 48.5 Å². The molecular weight excluding hydrogens is 584 g/mol. The standard InChI is InChI=1S/C34H33FN2O4S2/c1-23-31(19-24-9-13-28(14-10-24)42(4)39)30-16-12-27(35)21-33(30)32(23)22-34(38)36(2)17-18-37(3)43(40,41)29-15-11-25-7-5-6-8-26(25)20-29/h5-16,19-21H,17-18,22H2,1-4H3/b31-19-. The molecule has 43 heavy (non-hydrogen) atoms. The molecule has 1 aliphatic carbocycles. The minimum absolute atomic E-state index is 0.0466. The van der Waals surface area contributed by atoms with Crippen LogP contribution in [-0.4, -0.2) is 61.2 Å². The first-order valence-electron chi connectivity index (χ1n) is 13.8. The summed E-state index contributed by atoms with van der Waals surface area (Å²) in [5.41, 5.74) is 4.93. The van der Waals surface area contributed by atoms with E-state index in [4.69, 9.17) is 0 Å². The highest BCUT2D eigenvalue weighted by Crippen LogP contribution is 2.44. The molecule has 0 saturated heterocycles. The Bertz CT molecular complexity index is 1910. The average Bonchev–Trinajstić information content (AvgIpc) is 3.24. The van der Waals surface area contributed by atoms with Gasteiger partial charge < -0.3 is 4.90 Å². The van der Waals surface area contributed by atoms with Crippen molar-refractivity contribution in [3.05, 3.63) is 113 Å². The quantitative estimate of drug-likeness (QED) is 0.224. The number of nitrogens with zero attached hydrogens (tertiary/aromatic N) is 2. The van der Waals surface area contributed by atoms with Crippen LogP contribution in [0.2, 0.25) is 0 Å². The molecule has 9 heteroatoms. The molecule has 4 aromatic rings. The van der Waals surface area contributed by atoms with Crippen molar-refractivity contribution < 1.29 is 21.8 Å². The summed E-state index contributed by atoms with van der Waals surface area (Å²) < 4.78 is 53.9. The van der Waals surface area contributed by atoms with E-state index in [2.05, 4.69) is 0 Å². The number of hydrogen-bond acceptors (Lipinski definition) is 4. The Morgan fingerprint density at radius 2 is 1.58 bits per heavy atom. The molecule has 0 radical (unpaired) electrons. The molecule has 1 amide bonds. The molecule has 0 saturated carbocycles. The highest BCUT2D eigenvalue weighted by Gasteiger charge is 2.27. The monoisotopic (exact) mass is 616 g/mol. The van der Waals surface area contributed by atoms with E-state index in [1.165, 1.54) is 28.4 Å². The van der Waals surface area contributed by atoms with E-state index in [0.29, 0.717) is 5.56 Å². The number of halogens is 1. The summed E-state index contributed by atoms with van der Waals surface area (Å²) >= 11 is 0. The maximum atomic E-state index is 14.4. The number of fused-ring (bicyclic) bond motifs is 2. The van der Waals surface area contributed by atoms with Crippen LogP contribution in [0, 0.1) is 5.82 Å². The first-order valence-corrected chi connectivity index (χ1v) is 16.8. The van der Waals surface area contributed by atoms with Gasteiger partial charge in [0, 0.05) is 49.1 Å². The average molecular weight is 617 g/mol. The van der Waals surface area contributed by atoms with Crippen molar-refractivity contribution in [1.29, 1.82) is 0 Å². The van der Waals surface area contributed by atoms with Crippen LogP contribution in [-0.2, 0) is 25.6 Å². The molecule has 1 unspecified atom stereocenters. The van der Waals surface area contributed by atoms with E-state index in [1.807, 2.05) is 61.5 Å². The van der Waals surface area contributed by atoms with Crippen molar-refractivity contribution >= 4 is 54.7 Å². The molecule has 4 aromatic carbocycles. The third-order valence-electron chi connectivity index (χ3n) is 7.91. The summed E-state index contributed by atoms with van der Waals surface area (Å²) in [6, 6.07) is 24.6. The Morgan fingerprint density at radius 1 is 0.884 bits per heavy atom. The van der Waals surface area contributed by atoms with E-state index in [0.717, 1.165) is 43.5 Å². The third-order valence-corrected chi connectivity index (χ3v) is 10.7. The van der Waals surface area contributed by atoms with Gasteiger partial charge in [0.15, 0.2) is 0 Å². The molecule has 0 fully saturated rings. The number of carbonyl (C=O) groups is 1. The fourth-order valence-electron chi connectivity index (χ4n) is 5.23. The second kappa shape index (κ2) is 12.4. The second-order valence-electron chi connectivity index (χ2n) is 10.7. The van der Waals surface area contributed by atoms with Crippen LogP contribution in [0.4, 0.5) is 4.39 Å². The molecule has 0 aliphatic heterocycles. The Hall–Kier alpha value is -3.92. The molecule has 0 spiro atoms. The van der Waals surface area contributed by atoms with Crippen molar-refractivity contribution in [2.24, 2.45) is 0 Å². The van der Waals surface area contributed by atoms with Crippen LogP contribution >= 0.6 is 0 Å². The number of likely N-dealkylation sites (N-methyl/N-ethyl adjacent to an activating group) is 2. The molecule has 222 valence electrons. The normalized spacial score (nSPS) is 14.9. The lowest BCUT2D eigenvalue weighted by Crippen LogP contribution is -2.37. The zero-order valence-electron chi connectivity index (χ0n) is 24.5. The van der Waals surface area contributed by atoms with Gasteiger partial charge in [-0.25, -0.2) is 12.8 Å². The summed E-state index contributed by atoms with van der Waals surface area (Å²) in [6.45, 7) is 2.23. The molecule has 6 nitrogen and oxygen atoms in total. The number of hydrogen-bond donors (Lipinski definition) is 0. The third kappa shape index (κ3) is 6.39. The van der Waals surface area contributed by atoms with Gasteiger partial charge in [-0.2, -0.15) is 4.31 Å². The van der Waals surface area contributed by atoms with E-state index < -0.39 is 20.8 Å². The molecule has 0 aromatic heterocycles. The Kier molecular flexibility index (Phi) is 8.78. The maximum Gasteiger partial charge on any atom is 0.242 e. The Morgan fingerprint density at radius 3 is 2.28 bits per heavy atom. The molecule has 0 heterocycles. The fourth-order valence-corrected chi connectivity index (χ4v) is 6.95. The summed E-state index contributed by atoms with van der Waals surface area (Å²) in [5, 5.41) is 1.79. The van der Waals surface area contributed by atoms with Crippen LogP contribution < -0.4 is 0 Å². The van der Waals surface area contributed by atoms with Crippen LogP contribution in [0.5, 0.6) is 0 Å². The summed E-state index contributed by atoms with van der Waals surface area (Å²) in [6.07, 6.45) is 3.66. The van der Waals surface area contributed by atoms with Crippen molar-refractivity contribution in [3.8, 4) is 0 Å². The summed E-state index contributed by atoms with van der Waals surface area (Å²) in [4.78, 5) is 15.8. The minimum Gasteiger partial charge on any atom is -0.344 e. The second-order valence-corrected chi connectivity index (χ2v) is 14.1. The van der Waals surface area contributed by atoms with Gasteiger partial charge in [0.2, 0.25) is 15.9 Å². The molecular formula is C34H33FN2O4S2. The minimum atomic E-state index is -3.75. The summed E-state index contributed by atoms with van der Waals surface area (Å²) in [5.74, 6) is -0.585. The van der Waals surface area contributed by atoms with Gasteiger partial charge in [-0.3, -0.25) is 9.00 Å². The lowest BCUT2D eigenvalue weighted by molar-refractivity contribution is -0.128. The van der Waals surface area contributed by atoms with Crippen molar-refractivity contribution in [1.82, 2.24) is 9.21 Å². The molecule has 1 atom stereocenters. The molecule has 1 aliphatic rings. The predicted octanol–water partition coefficient (Wildman–Crippen LogP) is 6.21. The van der Waals surface area contributed by atoms with Gasteiger partial charge >= 0.3 is 0 Å². The smallest absolute Gasteiger partial charge is 0.242 e. The lowest BCUT2D eigenvalue weighted by Gasteiger charge is -2.23. The van der Waals surface area contributed by atoms with E-state index in [9.17, 15) is 21.8 Å². The fraction of sp³-hybridized carbons (Fsp3) is 0.206.